The lowest BCUT2D eigenvalue weighted by molar-refractivity contribution is -0.139. The van der Waals surface area contributed by atoms with Crippen LogP contribution in [0.1, 0.15) is 36.2 Å². The van der Waals surface area contributed by atoms with E-state index in [4.69, 9.17) is 5.11 Å². The third kappa shape index (κ3) is 4.16. The second kappa shape index (κ2) is 6.14. The van der Waals surface area contributed by atoms with Crippen molar-refractivity contribution >= 4 is 11.9 Å². The monoisotopic (exact) mass is 250 g/mol. The van der Waals surface area contributed by atoms with Crippen LogP contribution in [0.3, 0.4) is 0 Å². The number of aryl methyl sites for hydroxylation is 1. The van der Waals surface area contributed by atoms with Crippen molar-refractivity contribution in [2.75, 3.05) is 0 Å². The average Bonchev–Trinajstić information content (AvgIpc) is 2.27. The smallest absolute Gasteiger partial charge is 0.326 e. The molecule has 0 aromatic carbocycles. The number of carbonyl (C=O) groups excluding carboxylic acids is 1. The normalized spacial score (nSPS) is 12.2. The van der Waals surface area contributed by atoms with Gasteiger partial charge in [-0.25, -0.2) is 4.79 Å². The zero-order valence-corrected chi connectivity index (χ0v) is 10.8. The number of hydrogen-bond donors (Lipinski definition) is 2. The lowest BCUT2D eigenvalue weighted by Crippen LogP contribution is -2.41. The minimum absolute atomic E-state index is 0.196. The topological polar surface area (TPSA) is 79.3 Å². The van der Waals surface area contributed by atoms with Gasteiger partial charge in [-0.3, -0.25) is 9.78 Å². The summed E-state index contributed by atoms with van der Waals surface area (Å²) in [5, 5.41) is 11.6. The first-order valence-electron chi connectivity index (χ1n) is 5.85. The number of hydrogen-bond acceptors (Lipinski definition) is 3. The molecule has 0 aliphatic rings. The molecule has 1 unspecified atom stereocenters. The number of carboxylic acid groups (broad SMARTS) is 1. The van der Waals surface area contributed by atoms with E-state index in [1.54, 1.807) is 12.3 Å². The second-order valence-electron chi connectivity index (χ2n) is 4.74. The van der Waals surface area contributed by atoms with Crippen molar-refractivity contribution in [3.63, 3.8) is 0 Å². The van der Waals surface area contributed by atoms with Crippen LogP contribution in [-0.4, -0.2) is 28.0 Å². The maximum Gasteiger partial charge on any atom is 0.326 e. The van der Waals surface area contributed by atoms with E-state index in [9.17, 15) is 9.59 Å². The quantitative estimate of drug-likeness (QED) is 0.832. The van der Waals surface area contributed by atoms with Gasteiger partial charge in [0, 0.05) is 12.4 Å². The van der Waals surface area contributed by atoms with Crippen LogP contribution in [0, 0.1) is 12.8 Å². The molecule has 5 nitrogen and oxygen atoms in total. The van der Waals surface area contributed by atoms with Crippen LogP contribution in [0.2, 0.25) is 0 Å². The van der Waals surface area contributed by atoms with Crippen molar-refractivity contribution in [2.45, 2.75) is 33.2 Å². The molecule has 0 saturated heterocycles. The van der Waals surface area contributed by atoms with Gasteiger partial charge in [0.1, 0.15) is 6.04 Å². The van der Waals surface area contributed by atoms with Crippen LogP contribution in [0.5, 0.6) is 0 Å². The Morgan fingerprint density at radius 2 is 2.06 bits per heavy atom. The highest BCUT2D eigenvalue weighted by molar-refractivity contribution is 5.96. The number of nitrogens with zero attached hydrogens (tertiary/aromatic N) is 1. The second-order valence-corrected chi connectivity index (χ2v) is 4.74. The van der Waals surface area contributed by atoms with Crippen LogP contribution in [0.15, 0.2) is 18.5 Å². The molecule has 98 valence electrons. The number of amides is 1. The summed E-state index contributed by atoms with van der Waals surface area (Å²) in [6.45, 7) is 5.65. The van der Waals surface area contributed by atoms with Gasteiger partial charge in [0.05, 0.1) is 5.56 Å². The Hall–Kier alpha value is -1.91. The SMILES string of the molecule is Cc1cncc(C(=O)NC(CC(C)C)C(=O)O)c1. The Labute approximate surface area is 106 Å². The molecule has 1 aromatic rings. The number of nitrogens with one attached hydrogen (secondary N) is 1. The van der Waals surface area contributed by atoms with Gasteiger partial charge >= 0.3 is 5.97 Å². The Morgan fingerprint density at radius 3 is 2.56 bits per heavy atom. The van der Waals surface area contributed by atoms with Crippen LogP contribution >= 0.6 is 0 Å². The summed E-state index contributed by atoms with van der Waals surface area (Å²) in [7, 11) is 0. The van der Waals surface area contributed by atoms with E-state index in [0.29, 0.717) is 12.0 Å². The Balaban J connectivity index is 2.75. The summed E-state index contributed by atoms with van der Waals surface area (Å²) in [4.78, 5) is 26.8. The van der Waals surface area contributed by atoms with Crippen molar-refractivity contribution in [3.05, 3.63) is 29.6 Å². The molecule has 0 radical (unpaired) electrons. The molecule has 2 N–H and O–H groups in total. The largest absolute Gasteiger partial charge is 0.480 e. The molecule has 18 heavy (non-hydrogen) atoms. The molecule has 0 bridgehead atoms. The van der Waals surface area contributed by atoms with Gasteiger partial charge in [0.15, 0.2) is 0 Å². The molecule has 1 atom stereocenters. The number of carbonyl (C=O) groups is 2. The first kappa shape index (κ1) is 14.2. The van der Waals surface area contributed by atoms with E-state index in [1.807, 2.05) is 20.8 Å². The average molecular weight is 250 g/mol. The van der Waals surface area contributed by atoms with Crippen LogP contribution in [0.4, 0.5) is 0 Å². The number of aliphatic carboxylic acids is 1. The van der Waals surface area contributed by atoms with Gasteiger partial charge in [-0.2, -0.15) is 0 Å². The summed E-state index contributed by atoms with van der Waals surface area (Å²) >= 11 is 0. The molecular formula is C13H18N2O3. The number of aromatic nitrogens is 1. The molecule has 1 rings (SSSR count). The standard InChI is InChI=1S/C13H18N2O3/c1-8(2)4-11(13(17)18)15-12(16)10-5-9(3)6-14-7-10/h5-8,11H,4H2,1-3H3,(H,15,16)(H,17,18). The summed E-state index contributed by atoms with van der Waals surface area (Å²) in [5.41, 5.74) is 1.24. The number of carboxylic acids is 1. The Morgan fingerprint density at radius 1 is 1.39 bits per heavy atom. The lowest BCUT2D eigenvalue weighted by atomic mass is 10.0. The van der Waals surface area contributed by atoms with Crippen molar-refractivity contribution in [1.29, 1.82) is 0 Å². The van der Waals surface area contributed by atoms with Gasteiger partial charge in [-0.1, -0.05) is 13.8 Å². The predicted octanol–water partition coefficient (Wildman–Crippen LogP) is 1.62. The van der Waals surface area contributed by atoms with Gasteiger partial charge < -0.3 is 10.4 Å². The Bertz CT molecular complexity index is 444. The third-order valence-electron chi connectivity index (χ3n) is 2.45. The summed E-state index contributed by atoms with van der Waals surface area (Å²) in [6.07, 6.45) is 3.47. The molecule has 1 amide bonds. The third-order valence-corrected chi connectivity index (χ3v) is 2.45. The van der Waals surface area contributed by atoms with Crippen LogP contribution in [0.25, 0.3) is 0 Å². The summed E-state index contributed by atoms with van der Waals surface area (Å²) in [6, 6.07) is 0.814. The molecule has 0 aliphatic carbocycles. The van der Waals surface area contributed by atoms with E-state index in [-0.39, 0.29) is 5.92 Å². The molecular weight excluding hydrogens is 232 g/mol. The van der Waals surface area contributed by atoms with Crippen molar-refractivity contribution in [2.24, 2.45) is 5.92 Å². The lowest BCUT2D eigenvalue weighted by Gasteiger charge is -2.16. The van der Waals surface area contributed by atoms with Crippen molar-refractivity contribution in [3.8, 4) is 0 Å². The highest BCUT2D eigenvalue weighted by atomic mass is 16.4. The molecule has 5 heteroatoms. The molecule has 1 heterocycles. The van der Waals surface area contributed by atoms with Gasteiger partial charge in [-0.15, -0.1) is 0 Å². The van der Waals surface area contributed by atoms with Crippen molar-refractivity contribution in [1.82, 2.24) is 10.3 Å². The highest BCUT2D eigenvalue weighted by Gasteiger charge is 2.21. The fourth-order valence-electron chi connectivity index (χ4n) is 1.61. The maximum absolute atomic E-state index is 11.9. The molecule has 1 aromatic heterocycles. The Kier molecular flexibility index (Phi) is 4.83. The minimum atomic E-state index is -1.02. The first-order valence-corrected chi connectivity index (χ1v) is 5.85. The molecule has 0 spiro atoms. The van der Waals surface area contributed by atoms with Crippen LogP contribution < -0.4 is 5.32 Å². The maximum atomic E-state index is 11.9. The van der Waals surface area contributed by atoms with E-state index in [2.05, 4.69) is 10.3 Å². The number of rotatable bonds is 5. The van der Waals surface area contributed by atoms with E-state index < -0.39 is 17.9 Å². The number of pyridine rings is 1. The minimum Gasteiger partial charge on any atom is -0.480 e. The predicted molar refractivity (Wildman–Crippen MR) is 67.3 cm³/mol. The van der Waals surface area contributed by atoms with E-state index >= 15 is 0 Å². The zero-order valence-electron chi connectivity index (χ0n) is 10.8. The van der Waals surface area contributed by atoms with E-state index in [1.165, 1.54) is 6.20 Å². The highest BCUT2D eigenvalue weighted by Crippen LogP contribution is 2.07. The molecule has 0 saturated carbocycles. The first-order chi connectivity index (χ1) is 8.40. The van der Waals surface area contributed by atoms with Gasteiger partial charge in [-0.05, 0) is 30.9 Å². The summed E-state index contributed by atoms with van der Waals surface area (Å²) < 4.78 is 0. The summed E-state index contributed by atoms with van der Waals surface area (Å²) in [5.74, 6) is -1.22. The zero-order chi connectivity index (χ0) is 13.7. The van der Waals surface area contributed by atoms with Gasteiger partial charge in [0.25, 0.3) is 5.91 Å². The van der Waals surface area contributed by atoms with Gasteiger partial charge in [0.2, 0.25) is 0 Å². The van der Waals surface area contributed by atoms with E-state index in [0.717, 1.165) is 5.56 Å². The fraction of sp³-hybridized carbons (Fsp3) is 0.462. The molecule has 0 aliphatic heterocycles. The molecule has 0 fully saturated rings. The van der Waals surface area contributed by atoms with Crippen LogP contribution in [-0.2, 0) is 4.79 Å². The van der Waals surface area contributed by atoms with Crippen molar-refractivity contribution < 1.29 is 14.7 Å². The fourth-order valence-corrected chi connectivity index (χ4v) is 1.61.